The summed E-state index contributed by atoms with van der Waals surface area (Å²) in [7, 11) is -3.49. The zero-order chi connectivity index (χ0) is 20.9. The molecule has 4 atom stereocenters. The van der Waals surface area contributed by atoms with Crippen LogP contribution in [0.15, 0.2) is 46.3 Å². The van der Waals surface area contributed by atoms with Gasteiger partial charge in [0.25, 0.3) is 0 Å². The van der Waals surface area contributed by atoms with Gasteiger partial charge in [-0.15, -0.1) is 0 Å². The largest absolute Gasteiger partial charge is 0.481 e. The first-order valence-electron chi connectivity index (χ1n) is 10.2. The Labute approximate surface area is 181 Å². The van der Waals surface area contributed by atoms with Crippen molar-refractivity contribution in [3.8, 4) is 0 Å². The van der Waals surface area contributed by atoms with Crippen LogP contribution >= 0.6 is 15.9 Å². The van der Waals surface area contributed by atoms with Gasteiger partial charge in [-0.1, -0.05) is 40.2 Å². The first-order chi connectivity index (χ1) is 13.8. The lowest BCUT2D eigenvalue weighted by molar-refractivity contribution is -0.137. The second-order valence-corrected chi connectivity index (χ2v) is 10.6. The van der Waals surface area contributed by atoms with E-state index in [1.165, 1.54) is 24.7 Å². The lowest BCUT2D eigenvalue weighted by Crippen LogP contribution is -2.34. The van der Waals surface area contributed by atoms with Crippen molar-refractivity contribution in [2.24, 2.45) is 23.7 Å². The van der Waals surface area contributed by atoms with E-state index in [1.54, 1.807) is 6.08 Å². The molecule has 2 aliphatic rings. The molecule has 0 spiro atoms. The summed E-state index contributed by atoms with van der Waals surface area (Å²) in [5.41, 5.74) is 0.834. The molecule has 2 N–H and O–H groups in total. The molecule has 7 heteroatoms. The zero-order valence-electron chi connectivity index (χ0n) is 16.3. The quantitative estimate of drug-likeness (QED) is 0.370. The Bertz CT molecular complexity index is 863. The minimum atomic E-state index is -3.49. The number of carboxylic acids is 1. The van der Waals surface area contributed by atoms with Crippen LogP contribution in [0.2, 0.25) is 0 Å². The Hall–Kier alpha value is -1.44. The second-order valence-electron chi connectivity index (χ2n) is 8.04. The van der Waals surface area contributed by atoms with Gasteiger partial charge in [0, 0.05) is 22.8 Å². The van der Waals surface area contributed by atoms with Crippen LogP contribution in [0, 0.1) is 23.7 Å². The maximum atomic E-state index is 12.4. The van der Waals surface area contributed by atoms with E-state index < -0.39 is 16.0 Å². The van der Waals surface area contributed by atoms with E-state index in [9.17, 15) is 13.2 Å². The molecule has 4 unspecified atom stereocenters. The minimum absolute atomic E-state index is 0.189. The van der Waals surface area contributed by atoms with Crippen LogP contribution in [-0.4, -0.2) is 26.0 Å². The molecular weight excluding hydrogens is 454 g/mol. The number of nitrogens with one attached hydrogen (secondary N) is 1. The molecule has 0 aromatic heterocycles. The highest BCUT2D eigenvalue weighted by atomic mass is 79.9. The van der Waals surface area contributed by atoms with Gasteiger partial charge >= 0.3 is 5.97 Å². The van der Waals surface area contributed by atoms with E-state index in [4.69, 9.17) is 5.11 Å². The molecular formula is C22H28BrNO4S. The van der Waals surface area contributed by atoms with Crippen LogP contribution in [0.3, 0.4) is 0 Å². The molecule has 0 radical (unpaired) electrons. The van der Waals surface area contributed by atoms with Crippen molar-refractivity contribution in [1.29, 1.82) is 0 Å². The van der Waals surface area contributed by atoms with Gasteiger partial charge < -0.3 is 5.11 Å². The van der Waals surface area contributed by atoms with Gasteiger partial charge in [-0.25, -0.2) is 13.1 Å². The molecule has 1 aromatic carbocycles. The Balaban J connectivity index is 1.55. The average Bonchev–Trinajstić information content (AvgIpc) is 3.27. The van der Waals surface area contributed by atoms with E-state index in [1.807, 2.05) is 24.3 Å². The monoisotopic (exact) mass is 481 g/mol. The van der Waals surface area contributed by atoms with E-state index in [0.29, 0.717) is 36.6 Å². The van der Waals surface area contributed by atoms with E-state index in [2.05, 4.69) is 32.8 Å². The molecule has 0 heterocycles. The molecule has 2 bridgehead atoms. The predicted octanol–water partition coefficient (Wildman–Crippen LogP) is 4.81. The molecule has 29 heavy (non-hydrogen) atoms. The van der Waals surface area contributed by atoms with Crippen LogP contribution in [0.5, 0.6) is 0 Å². The van der Waals surface area contributed by atoms with Gasteiger partial charge in [0.05, 0.1) is 0 Å². The van der Waals surface area contributed by atoms with Crippen LogP contribution in [0.4, 0.5) is 0 Å². The molecule has 0 saturated heterocycles. The highest BCUT2D eigenvalue weighted by Gasteiger charge is 2.46. The smallest absolute Gasteiger partial charge is 0.303 e. The first kappa shape index (κ1) is 22.2. The molecule has 0 aliphatic heterocycles. The number of hydrogen-bond acceptors (Lipinski definition) is 3. The fourth-order valence-corrected chi connectivity index (χ4v) is 5.81. The summed E-state index contributed by atoms with van der Waals surface area (Å²) in [6.07, 6.45) is 11.1. The molecule has 2 aliphatic carbocycles. The van der Waals surface area contributed by atoms with Crippen molar-refractivity contribution in [3.05, 3.63) is 51.9 Å². The van der Waals surface area contributed by atoms with Crippen LogP contribution in [0.1, 0.15) is 44.1 Å². The highest BCUT2D eigenvalue weighted by Crippen LogP contribution is 2.52. The van der Waals surface area contributed by atoms with Crippen LogP contribution in [-0.2, 0) is 14.8 Å². The van der Waals surface area contributed by atoms with Gasteiger partial charge in [-0.05, 0) is 79.5 Å². The topological polar surface area (TPSA) is 83.5 Å². The highest BCUT2D eigenvalue weighted by molar-refractivity contribution is 9.10. The van der Waals surface area contributed by atoms with E-state index in [-0.39, 0.29) is 6.42 Å². The molecule has 5 nitrogen and oxygen atoms in total. The number of hydrogen-bond donors (Lipinski definition) is 2. The third-order valence-corrected chi connectivity index (χ3v) is 7.70. The first-order valence-corrected chi connectivity index (χ1v) is 12.5. The van der Waals surface area contributed by atoms with Crippen molar-refractivity contribution in [3.63, 3.8) is 0 Å². The minimum Gasteiger partial charge on any atom is -0.481 e. The zero-order valence-corrected chi connectivity index (χ0v) is 18.7. The summed E-state index contributed by atoms with van der Waals surface area (Å²) in [5, 5.41) is 9.97. The predicted molar refractivity (Wildman–Crippen MR) is 119 cm³/mol. The molecule has 3 rings (SSSR count). The molecule has 1 aromatic rings. The van der Waals surface area contributed by atoms with Crippen molar-refractivity contribution in [2.45, 2.75) is 38.5 Å². The van der Waals surface area contributed by atoms with Crippen molar-refractivity contribution in [1.82, 2.24) is 4.72 Å². The normalized spacial score (nSPS) is 26.7. The van der Waals surface area contributed by atoms with Crippen molar-refractivity contribution < 1.29 is 18.3 Å². The number of fused-ring (bicyclic) bond motifs is 2. The Morgan fingerprint density at radius 3 is 2.66 bits per heavy atom. The number of aliphatic carboxylic acids is 1. The SMILES string of the molecule is O=C(O)CCC/C=C/C1C2CCC(C2)C1CNS(=O)(=O)/C=C/c1ccc(Br)cc1. The van der Waals surface area contributed by atoms with Crippen LogP contribution in [0.25, 0.3) is 6.08 Å². The summed E-state index contributed by atoms with van der Waals surface area (Å²) in [6, 6.07) is 7.47. The van der Waals surface area contributed by atoms with Gasteiger partial charge in [0.2, 0.25) is 10.0 Å². The van der Waals surface area contributed by atoms with Crippen molar-refractivity contribution in [2.75, 3.05) is 6.54 Å². The summed E-state index contributed by atoms with van der Waals surface area (Å²) >= 11 is 3.37. The number of carbonyl (C=O) groups is 1. The average molecular weight is 482 g/mol. The fraction of sp³-hybridized carbons (Fsp3) is 0.500. The van der Waals surface area contributed by atoms with Crippen LogP contribution < -0.4 is 4.72 Å². The number of rotatable bonds is 10. The molecule has 2 fully saturated rings. The summed E-state index contributed by atoms with van der Waals surface area (Å²) in [5.74, 6) is 1.15. The standard InChI is InChI=1S/C22H28BrNO4S/c23-19-10-6-16(7-11-19)12-13-29(27,28)24-15-21-18-9-8-17(14-18)20(21)4-2-1-3-5-22(25)26/h2,4,6-7,10-13,17-18,20-21,24H,1,3,5,8-9,14-15H2,(H,25,26)/b4-2+,13-12+. The Kier molecular flexibility index (Phi) is 7.71. The number of carboxylic acid groups (broad SMARTS) is 1. The second kappa shape index (κ2) is 10.0. The number of sulfonamides is 1. The number of benzene rings is 1. The number of unbranched alkanes of at least 4 members (excludes halogenated alkanes) is 1. The molecule has 158 valence electrons. The Morgan fingerprint density at radius 1 is 1.21 bits per heavy atom. The maximum absolute atomic E-state index is 12.4. The maximum Gasteiger partial charge on any atom is 0.303 e. The lowest BCUT2D eigenvalue weighted by atomic mass is 9.79. The Morgan fingerprint density at radius 2 is 1.93 bits per heavy atom. The number of allylic oxidation sites excluding steroid dienone is 2. The molecule has 0 amide bonds. The van der Waals surface area contributed by atoms with Gasteiger partial charge in [0.1, 0.15) is 0 Å². The van der Waals surface area contributed by atoms with Gasteiger partial charge in [-0.2, -0.15) is 0 Å². The molecule has 2 saturated carbocycles. The fourth-order valence-electron chi connectivity index (χ4n) is 4.68. The van der Waals surface area contributed by atoms with Gasteiger partial charge in [0.15, 0.2) is 0 Å². The third kappa shape index (κ3) is 6.52. The third-order valence-electron chi connectivity index (χ3n) is 6.11. The summed E-state index contributed by atoms with van der Waals surface area (Å²) in [4.78, 5) is 10.6. The summed E-state index contributed by atoms with van der Waals surface area (Å²) < 4.78 is 28.6. The van der Waals surface area contributed by atoms with E-state index in [0.717, 1.165) is 16.5 Å². The van der Waals surface area contributed by atoms with Crippen molar-refractivity contribution >= 4 is 38.0 Å². The number of halogens is 1. The van der Waals surface area contributed by atoms with Gasteiger partial charge in [-0.3, -0.25) is 4.79 Å². The summed E-state index contributed by atoms with van der Waals surface area (Å²) in [6.45, 7) is 0.457. The van der Waals surface area contributed by atoms with E-state index >= 15 is 0 Å². The lowest BCUT2D eigenvalue weighted by Gasteiger charge is -2.29.